The standard InChI is InChI=1S/C21H25N3O4/c1-12-3-4-19(13(2)23-12)28-20-8-15-11-24(10-14(15)7-18(20)25)16-5-6-22-17(9-16)21(26)27/h3-6,9,14-15,18,20,25H,7-8,10-11H2,1-2H3,(H,26,27)/t14-,15+,18+,20+/m0/s1. The lowest BCUT2D eigenvalue weighted by Crippen LogP contribution is -2.42. The van der Waals surface area contributed by atoms with Gasteiger partial charge in [-0.25, -0.2) is 9.78 Å². The first-order chi connectivity index (χ1) is 13.4. The Labute approximate surface area is 164 Å². The summed E-state index contributed by atoms with van der Waals surface area (Å²) in [6, 6.07) is 7.30. The Kier molecular flexibility index (Phi) is 4.93. The summed E-state index contributed by atoms with van der Waals surface area (Å²) in [5.74, 6) is 0.467. The van der Waals surface area contributed by atoms with Crippen molar-refractivity contribution in [1.29, 1.82) is 0 Å². The molecule has 2 fully saturated rings. The number of rotatable bonds is 4. The van der Waals surface area contributed by atoms with Gasteiger partial charge in [-0.3, -0.25) is 4.98 Å². The summed E-state index contributed by atoms with van der Waals surface area (Å²) in [7, 11) is 0. The molecule has 3 heterocycles. The molecule has 2 N–H and O–H groups in total. The molecule has 7 nitrogen and oxygen atoms in total. The van der Waals surface area contributed by atoms with Crippen molar-refractivity contribution in [1.82, 2.24) is 9.97 Å². The molecule has 2 aliphatic rings. The normalized spacial score (nSPS) is 26.8. The highest BCUT2D eigenvalue weighted by molar-refractivity contribution is 5.86. The summed E-state index contributed by atoms with van der Waals surface area (Å²) in [5, 5.41) is 19.8. The van der Waals surface area contributed by atoms with Crippen molar-refractivity contribution >= 4 is 11.7 Å². The van der Waals surface area contributed by atoms with Gasteiger partial charge in [0.15, 0.2) is 0 Å². The predicted molar refractivity (Wildman–Crippen MR) is 104 cm³/mol. The molecule has 4 rings (SSSR count). The second-order valence-corrected chi connectivity index (χ2v) is 7.86. The summed E-state index contributed by atoms with van der Waals surface area (Å²) in [5.41, 5.74) is 2.70. The quantitative estimate of drug-likeness (QED) is 0.837. The molecule has 7 heteroatoms. The maximum absolute atomic E-state index is 11.2. The number of fused-ring (bicyclic) bond motifs is 1. The van der Waals surface area contributed by atoms with Crippen molar-refractivity contribution < 1.29 is 19.7 Å². The largest absolute Gasteiger partial charge is 0.486 e. The van der Waals surface area contributed by atoms with Gasteiger partial charge in [0.1, 0.15) is 17.5 Å². The van der Waals surface area contributed by atoms with Crippen molar-refractivity contribution in [3.05, 3.63) is 47.5 Å². The van der Waals surface area contributed by atoms with E-state index in [1.807, 2.05) is 32.0 Å². The smallest absolute Gasteiger partial charge is 0.354 e. The zero-order valence-corrected chi connectivity index (χ0v) is 16.1. The number of carboxylic acids is 1. The van der Waals surface area contributed by atoms with Gasteiger partial charge in [0.2, 0.25) is 0 Å². The average molecular weight is 383 g/mol. The molecular weight excluding hydrogens is 358 g/mol. The van der Waals surface area contributed by atoms with E-state index in [4.69, 9.17) is 4.74 Å². The molecule has 4 atom stereocenters. The van der Waals surface area contributed by atoms with Gasteiger partial charge in [-0.2, -0.15) is 0 Å². The number of anilines is 1. The number of carbonyl (C=O) groups is 1. The van der Waals surface area contributed by atoms with Crippen molar-refractivity contribution in [2.45, 2.75) is 38.9 Å². The van der Waals surface area contributed by atoms with Gasteiger partial charge in [-0.1, -0.05) is 0 Å². The molecule has 0 bridgehead atoms. The van der Waals surface area contributed by atoms with Gasteiger partial charge < -0.3 is 19.8 Å². The molecule has 1 saturated heterocycles. The third-order valence-electron chi connectivity index (χ3n) is 5.87. The monoisotopic (exact) mass is 383 g/mol. The number of aliphatic hydroxyl groups excluding tert-OH is 1. The summed E-state index contributed by atoms with van der Waals surface area (Å²) in [4.78, 5) is 21.7. The summed E-state index contributed by atoms with van der Waals surface area (Å²) in [6.07, 6.45) is 2.22. The van der Waals surface area contributed by atoms with E-state index in [0.717, 1.165) is 42.3 Å². The molecule has 2 aromatic rings. The number of pyridine rings is 2. The number of nitrogens with zero attached hydrogens (tertiary/aromatic N) is 3. The van der Waals surface area contributed by atoms with Gasteiger partial charge >= 0.3 is 5.97 Å². The number of ether oxygens (including phenoxy) is 1. The number of carboxylic acid groups (broad SMARTS) is 1. The van der Waals surface area contributed by atoms with E-state index >= 15 is 0 Å². The van der Waals surface area contributed by atoms with Gasteiger partial charge in [0, 0.05) is 30.7 Å². The molecule has 1 saturated carbocycles. The molecule has 148 valence electrons. The minimum absolute atomic E-state index is 0.0518. The highest BCUT2D eigenvalue weighted by Gasteiger charge is 2.43. The lowest BCUT2D eigenvalue weighted by atomic mass is 9.78. The minimum atomic E-state index is -1.02. The lowest BCUT2D eigenvalue weighted by Gasteiger charge is -2.35. The first-order valence-corrected chi connectivity index (χ1v) is 9.64. The van der Waals surface area contributed by atoms with Crippen LogP contribution in [0.4, 0.5) is 5.69 Å². The molecule has 0 unspecified atom stereocenters. The van der Waals surface area contributed by atoms with Gasteiger partial charge in [0.05, 0.1) is 11.8 Å². The van der Waals surface area contributed by atoms with Crippen LogP contribution in [0.1, 0.15) is 34.7 Å². The average Bonchev–Trinajstić information content (AvgIpc) is 3.07. The molecule has 1 aliphatic heterocycles. The highest BCUT2D eigenvalue weighted by Crippen LogP contribution is 2.39. The fraction of sp³-hybridized carbons (Fsp3) is 0.476. The van der Waals surface area contributed by atoms with Crippen LogP contribution in [0.15, 0.2) is 30.5 Å². The first kappa shape index (κ1) is 18.7. The maximum atomic E-state index is 11.2. The maximum Gasteiger partial charge on any atom is 0.354 e. The van der Waals surface area contributed by atoms with Crippen LogP contribution in [-0.2, 0) is 0 Å². The van der Waals surface area contributed by atoms with Crippen LogP contribution in [0.2, 0.25) is 0 Å². The third kappa shape index (κ3) is 3.67. The number of aliphatic hydroxyl groups is 1. The molecule has 2 aromatic heterocycles. The number of aromatic nitrogens is 2. The zero-order chi connectivity index (χ0) is 19.8. The molecule has 0 aromatic carbocycles. The van der Waals surface area contributed by atoms with E-state index in [0.29, 0.717) is 18.3 Å². The van der Waals surface area contributed by atoms with E-state index < -0.39 is 12.1 Å². The fourth-order valence-electron chi connectivity index (χ4n) is 4.42. The van der Waals surface area contributed by atoms with E-state index in [2.05, 4.69) is 14.9 Å². The van der Waals surface area contributed by atoms with E-state index in [1.165, 1.54) is 6.20 Å². The van der Waals surface area contributed by atoms with Crippen molar-refractivity contribution in [3.63, 3.8) is 0 Å². The van der Waals surface area contributed by atoms with Crippen LogP contribution in [0.5, 0.6) is 5.75 Å². The zero-order valence-electron chi connectivity index (χ0n) is 16.1. The van der Waals surface area contributed by atoms with Crippen molar-refractivity contribution in [2.75, 3.05) is 18.0 Å². The molecule has 28 heavy (non-hydrogen) atoms. The van der Waals surface area contributed by atoms with Gasteiger partial charge in [0.25, 0.3) is 0 Å². The number of hydrogen-bond donors (Lipinski definition) is 2. The summed E-state index contributed by atoms with van der Waals surface area (Å²) in [6.45, 7) is 5.49. The summed E-state index contributed by atoms with van der Waals surface area (Å²) >= 11 is 0. The number of hydrogen-bond acceptors (Lipinski definition) is 6. The SMILES string of the molecule is Cc1ccc(O[C@@H]2C[C@@H]3CN(c4ccnc(C(=O)O)c4)C[C@@H]3C[C@H]2O)c(C)n1. The van der Waals surface area contributed by atoms with E-state index in [1.54, 1.807) is 6.07 Å². The molecule has 1 aliphatic carbocycles. The van der Waals surface area contributed by atoms with E-state index in [9.17, 15) is 15.0 Å². The number of aryl methyl sites for hydroxylation is 2. The van der Waals surface area contributed by atoms with Crippen molar-refractivity contribution in [3.8, 4) is 5.75 Å². The molecule has 0 spiro atoms. The molecule has 0 radical (unpaired) electrons. The van der Waals surface area contributed by atoms with Crippen LogP contribution in [0, 0.1) is 25.7 Å². The molecular formula is C21H25N3O4. The fourth-order valence-corrected chi connectivity index (χ4v) is 4.42. The Bertz CT molecular complexity index is 888. The lowest BCUT2D eigenvalue weighted by molar-refractivity contribution is -0.0236. The second-order valence-electron chi connectivity index (χ2n) is 7.86. The topological polar surface area (TPSA) is 95.8 Å². The first-order valence-electron chi connectivity index (χ1n) is 9.64. The second kappa shape index (κ2) is 7.39. The predicted octanol–water partition coefficient (Wildman–Crippen LogP) is 2.45. The van der Waals surface area contributed by atoms with Crippen LogP contribution >= 0.6 is 0 Å². The Balaban J connectivity index is 1.46. The number of aromatic carboxylic acids is 1. The van der Waals surface area contributed by atoms with Crippen LogP contribution < -0.4 is 9.64 Å². The molecule has 0 amide bonds. The Hall–Kier alpha value is -2.67. The van der Waals surface area contributed by atoms with Gasteiger partial charge in [-0.15, -0.1) is 0 Å². The van der Waals surface area contributed by atoms with Crippen LogP contribution in [-0.4, -0.2) is 51.4 Å². The summed E-state index contributed by atoms with van der Waals surface area (Å²) < 4.78 is 6.13. The van der Waals surface area contributed by atoms with Gasteiger partial charge in [-0.05, 0) is 62.8 Å². The Morgan fingerprint density at radius 1 is 1.18 bits per heavy atom. The third-order valence-corrected chi connectivity index (χ3v) is 5.87. The minimum Gasteiger partial charge on any atom is -0.486 e. The van der Waals surface area contributed by atoms with Crippen LogP contribution in [0.3, 0.4) is 0 Å². The highest BCUT2D eigenvalue weighted by atomic mass is 16.5. The van der Waals surface area contributed by atoms with E-state index in [-0.39, 0.29) is 11.8 Å². The van der Waals surface area contributed by atoms with Crippen molar-refractivity contribution in [2.24, 2.45) is 11.8 Å². The Morgan fingerprint density at radius 3 is 2.64 bits per heavy atom. The Morgan fingerprint density at radius 2 is 1.93 bits per heavy atom. The van der Waals surface area contributed by atoms with Crippen LogP contribution in [0.25, 0.3) is 0 Å².